The number of nitrogen functional groups attached to an aromatic ring is 1. The van der Waals surface area contributed by atoms with Crippen LogP contribution in [0.15, 0.2) is 20.1 Å². The number of hydrogen-bond donors (Lipinski definition) is 5. The molecule has 1 unspecified atom stereocenters. The lowest BCUT2D eigenvalue weighted by Crippen LogP contribution is -2.71. The van der Waals surface area contributed by atoms with E-state index < -0.39 is 34.9 Å². The van der Waals surface area contributed by atoms with Crippen molar-refractivity contribution in [3.8, 4) is 0 Å². The number of thioether (sulfide) groups is 3. The third-order valence-electron chi connectivity index (χ3n) is 4.72. The van der Waals surface area contributed by atoms with Crippen LogP contribution in [0, 0.1) is 0 Å². The number of β-lactam (4-membered cyclic amide) rings is 1. The van der Waals surface area contributed by atoms with E-state index in [1.165, 1.54) is 11.8 Å². The number of thiazole rings is 1. The van der Waals surface area contributed by atoms with Gasteiger partial charge in [-0.3, -0.25) is 14.5 Å². The topological polar surface area (TPSA) is 210 Å². The Kier molecular flexibility index (Phi) is 8.63. The van der Waals surface area contributed by atoms with Crippen molar-refractivity contribution in [2.24, 2.45) is 10.9 Å². The molecule has 36 heavy (non-hydrogen) atoms. The Morgan fingerprint density at radius 3 is 2.78 bits per heavy atom. The van der Waals surface area contributed by atoms with Crippen molar-refractivity contribution in [1.29, 1.82) is 0 Å². The fourth-order valence-electron chi connectivity index (χ4n) is 3.23. The fourth-order valence-corrected chi connectivity index (χ4v) is 8.14. The Balaban J connectivity index is 1.47. The molecule has 0 aromatic carbocycles. The lowest BCUT2D eigenvalue weighted by molar-refractivity contribution is -0.150. The Labute approximate surface area is 229 Å². The lowest BCUT2D eigenvalue weighted by atomic mass is 10.0. The number of carbonyl (C=O) groups is 3. The van der Waals surface area contributed by atoms with Crippen LogP contribution >= 0.6 is 69.8 Å². The maximum atomic E-state index is 12.9. The predicted molar refractivity (Wildman–Crippen MR) is 141 cm³/mol. The van der Waals surface area contributed by atoms with Crippen molar-refractivity contribution in [2.75, 3.05) is 23.8 Å². The number of anilines is 1. The van der Waals surface area contributed by atoms with Gasteiger partial charge >= 0.3 is 5.97 Å². The van der Waals surface area contributed by atoms with Gasteiger partial charge in [0, 0.05) is 23.0 Å². The van der Waals surface area contributed by atoms with Crippen LogP contribution in [0.2, 0.25) is 4.34 Å². The van der Waals surface area contributed by atoms with E-state index in [2.05, 4.69) is 24.8 Å². The highest BCUT2D eigenvalue weighted by molar-refractivity contribution is 8.07. The largest absolute Gasteiger partial charge is 0.477 e. The molecule has 0 spiro atoms. The number of fused-ring (bicyclic) bond motifs is 1. The van der Waals surface area contributed by atoms with E-state index in [-0.39, 0.29) is 26.6 Å². The van der Waals surface area contributed by atoms with E-state index in [1.54, 1.807) is 11.8 Å². The van der Waals surface area contributed by atoms with E-state index >= 15 is 0 Å². The molecule has 7 N–H and O–H groups in total. The zero-order valence-electron chi connectivity index (χ0n) is 17.9. The molecule has 0 saturated carbocycles. The first kappa shape index (κ1) is 27.0. The van der Waals surface area contributed by atoms with E-state index in [1.807, 2.05) is 0 Å². The summed E-state index contributed by atoms with van der Waals surface area (Å²) >= 11 is 12.1. The SMILES string of the molecule is NCCSCc1nsc(SC2=C(C(=O)O)N3C(=O)[C@@H](NC(=O)/C(=N\O)c4nc(N)sc4Cl)C3SC2)n1. The quantitative estimate of drug-likeness (QED) is 0.0841. The second-order valence-electron chi connectivity index (χ2n) is 6.98. The standard InChI is InChI=1S/C17H17ClN8O5S5/c18-11-7(23-16(20)35-11)8(24-31)12(27)22-9-13(28)26-10(15(29)30)5(3-33-14(9)26)34-17-21-6(25-36-17)4-32-2-1-19/h9,14,31H,1-4,19H2,(H2,20,23)(H,22,27)(H,29,30)/b24-8-/t9-,14?/m1/s1. The summed E-state index contributed by atoms with van der Waals surface area (Å²) in [5.41, 5.74) is 10.3. The summed E-state index contributed by atoms with van der Waals surface area (Å²) in [5.74, 6) is -0.512. The molecule has 2 amide bonds. The Hall–Kier alpha value is -2.09. The van der Waals surface area contributed by atoms with E-state index in [9.17, 15) is 24.7 Å². The minimum Gasteiger partial charge on any atom is -0.477 e. The van der Waals surface area contributed by atoms with Gasteiger partial charge in [0.2, 0.25) is 0 Å². The van der Waals surface area contributed by atoms with Gasteiger partial charge in [0.25, 0.3) is 11.8 Å². The monoisotopic (exact) mass is 608 g/mol. The van der Waals surface area contributed by atoms with Crippen LogP contribution in [0.5, 0.6) is 0 Å². The van der Waals surface area contributed by atoms with Gasteiger partial charge in [0.15, 0.2) is 21.0 Å². The molecule has 19 heteroatoms. The Morgan fingerprint density at radius 2 is 2.14 bits per heavy atom. The van der Waals surface area contributed by atoms with Gasteiger partial charge in [-0.05, 0) is 11.5 Å². The molecular weight excluding hydrogens is 592 g/mol. The number of hydrogen-bond acceptors (Lipinski definition) is 15. The Morgan fingerprint density at radius 1 is 1.36 bits per heavy atom. The average molecular weight is 609 g/mol. The van der Waals surface area contributed by atoms with E-state index in [0.717, 1.165) is 45.3 Å². The first-order valence-electron chi connectivity index (χ1n) is 9.89. The summed E-state index contributed by atoms with van der Waals surface area (Å²) in [5, 5.41) is 24.0. The summed E-state index contributed by atoms with van der Waals surface area (Å²) in [4.78, 5) is 47.6. The van der Waals surface area contributed by atoms with Crippen LogP contribution in [0.4, 0.5) is 5.13 Å². The zero-order valence-corrected chi connectivity index (χ0v) is 22.8. The molecule has 1 saturated heterocycles. The van der Waals surface area contributed by atoms with Gasteiger partial charge in [-0.2, -0.15) is 16.1 Å². The molecule has 2 aliphatic heterocycles. The molecule has 0 aliphatic carbocycles. The highest BCUT2D eigenvalue weighted by Gasteiger charge is 2.54. The van der Waals surface area contributed by atoms with Gasteiger partial charge in [-0.25, -0.2) is 14.8 Å². The number of carbonyl (C=O) groups excluding carboxylic acids is 2. The first-order chi connectivity index (χ1) is 17.2. The number of aliphatic carboxylic acids is 1. The molecule has 0 radical (unpaired) electrons. The molecule has 4 heterocycles. The van der Waals surface area contributed by atoms with Crippen molar-refractivity contribution in [3.63, 3.8) is 0 Å². The van der Waals surface area contributed by atoms with Crippen LogP contribution < -0.4 is 16.8 Å². The maximum absolute atomic E-state index is 12.9. The smallest absolute Gasteiger partial charge is 0.353 e. The second kappa shape index (κ2) is 11.5. The molecule has 0 bridgehead atoms. The van der Waals surface area contributed by atoms with Gasteiger partial charge < -0.3 is 27.1 Å². The molecule has 1 fully saturated rings. The first-order valence-corrected chi connectivity index (χ1v) is 14.9. The number of oxime groups is 1. The number of amides is 2. The molecule has 2 aromatic rings. The summed E-state index contributed by atoms with van der Waals surface area (Å²) in [6.07, 6.45) is 0. The third-order valence-corrected chi connectivity index (χ3v) is 10.1. The minimum absolute atomic E-state index is 0.0413. The number of aromatic nitrogens is 3. The fraction of sp³-hybridized carbons (Fsp3) is 0.353. The summed E-state index contributed by atoms with van der Waals surface area (Å²) in [7, 11) is 0. The van der Waals surface area contributed by atoms with E-state index in [4.69, 9.17) is 23.1 Å². The number of carboxylic acid groups (broad SMARTS) is 1. The number of carboxylic acids is 1. The number of nitrogens with one attached hydrogen (secondary N) is 1. The predicted octanol–water partition coefficient (Wildman–Crippen LogP) is 1.09. The van der Waals surface area contributed by atoms with Gasteiger partial charge in [-0.1, -0.05) is 39.9 Å². The molecular formula is C17H17ClN8O5S5. The number of halogens is 1. The normalized spacial score (nSPS) is 19.8. The summed E-state index contributed by atoms with van der Waals surface area (Å²) in [6, 6.07) is -1.04. The van der Waals surface area contributed by atoms with Crippen molar-refractivity contribution in [1.82, 2.24) is 24.6 Å². The van der Waals surface area contributed by atoms with Crippen LogP contribution in [0.3, 0.4) is 0 Å². The van der Waals surface area contributed by atoms with Crippen molar-refractivity contribution < 1.29 is 24.7 Å². The van der Waals surface area contributed by atoms with Gasteiger partial charge in [0.05, 0.1) is 5.75 Å². The number of nitrogens with two attached hydrogens (primary N) is 2. The van der Waals surface area contributed by atoms with Crippen molar-refractivity contribution >= 4 is 98.4 Å². The summed E-state index contributed by atoms with van der Waals surface area (Å²) < 4.78 is 4.88. The Bertz CT molecular complexity index is 1270. The van der Waals surface area contributed by atoms with Crippen molar-refractivity contribution in [2.45, 2.75) is 21.5 Å². The van der Waals surface area contributed by atoms with Crippen LogP contribution in [-0.2, 0) is 20.1 Å². The third kappa shape index (κ3) is 5.43. The minimum atomic E-state index is -1.27. The van der Waals surface area contributed by atoms with Crippen molar-refractivity contribution in [3.05, 3.63) is 26.5 Å². The van der Waals surface area contributed by atoms with Crippen LogP contribution in [-0.4, -0.2) is 82.5 Å². The van der Waals surface area contributed by atoms with E-state index in [0.29, 0.717) is 27.4 Å². The van der Waals surface area contributed by atoms with Gasteiger partial charge in [0.1, 0.15) is 27.1 Å². The lowest BCUT2D eigenvalue weighted by Gasteiger charge is -2.49. The van der Waals surface area contributed by atoms with Gasteiger partial charge in [-0.15, -0.1) is 11.8 Å². The molecule has 2 aromatic heterocycles. The molecule has 192 valence electrons. The summed E-state index contributed by atoms with van der Waals surface area (Å²) in [6.45, 7) is 0.552. The highest BCUT2D eigenvalue weighted by Crippen LogP contribution is 2.45. The zero-order chi connectivity index (χ0) is 26.0. The molecule has 4 rings (SSSR count). The average Bonchev–Trinajstić information content (AvgIpc) is 3.42. The second-order valence-corrected chi connectivity index (χ2v) is 12.9. The molecule has 13 nitrogen and oxygen atoms in total. The molecule has 2 atom stereocenters. The maximum Gasteiger partial charge on any atom is 0.353 e. The van der Waals surface area contributed by atoms with Crippen LogP contribution in [0.1, 0.15) is 11.5 Å². The van der Waals surface area contributed by atoms with Crippen LogP contribution in [0.25, 0.3) is 0 Å². The number of rotatable bonds is 10. The number of nitrogens with zero attached hydrogens (tertiary/aromatic N) is 5. The molecule has 2 aliphatic rings. The highest BCUT2D eigenvalue weighted by atomic mass is 35.5.